The lowest BCUT2D eigenvalue weighted by Gasteiger charge is -2.25. The van der Waals surface area contributed by atoms with Crippen molar-refractivity contribution in [1.82, 2.24) is 9.03 Å². The van der Waals surface area contributed by atoms with Crippen molar-refractivity contribution < 1.29 is 8.42 Å². The summed E-state index contributed by atoms with van der Waals surface area (Å²) in [6.45, 7) is 1.57. The predicted molar refractivity (Wildman–Crippen MR) is 77.2 cm³/mol. The summed E-state index contributed by atoms with van der Waals surface area (Å²) in [6, 6.07) is 7.63. The topological polar surface area (TPSA) is 49.4 Å². The maximum Gasteiger partial charge on any atom is 0.279 e. The number of alkyl halides is 1. The van der Waals surface area contributed by atoms with Gasteiger partial charge in [0.15, 0.2) is 0 Å². The van der Waals surface area contributed by atoms with Crippen LogP contribution in [0.2, 0.25) is 0 Å². The second-order valence-electron chi connectivity index (χ2n) is 4.74. The Bertz CT molecular complexity index is 496. The van der Waals surface area contributed by atoms with Crippen LogP contribution in [0.4, 0.5) is 0 Å². The molecule has 0 unspecified atom stereocenters. The number of rotatable bonds is 5. The van der Waals surface area contributed by atoms with Crippen LogP contribution >= 0.6 is 11.6 Å². The van der Waals surface area contributed by atoms with Gasteiger partial charge < -0.3 is 0 Å². The van der Waals surface area contributed by atoms with Crippen molar-refractivity contribution >= 4 is 21.8 Å². The molecule has 1 aliphatic heterocycles. The van der Waals surface area contributed by atoms with E-state index >= 15 is 0 Å². The van der Waals surface area contributed by atoms with Crippen LogP contribution in [0.3, 0.4) is 0 Å². The Kier molecular flexibility index (Phi) is 5.21. The highest BCUT2D eigenvalue weighted by atomic mass is 35.5. The van der Waals surface area contributed by atoms with Gasteiger partial charge in [0.05, 0.1) is 0 Å². The molecule has 6 heteroatoms. The quantitative estimate of drug-likeness (QED) is 0.848. The first-order valence-electron chi connectivity index (χ1n) is 6.50. The molecule has 1 aromatic carbocycles. The molecule has 2 rings (SSSR count). The first-order valence-corrected chi connectivity index (χ1v) is 8.48. The van der Waals surface area contributed by atoms with E-state index in [9.17, 15) is 8.42 Å². The third-order valence-electron chi connectivity index (χ3n) is 3.29. The molecule has 0 radical (unpaired) electrons. The second-order valence-corrected chi connectivity index (χ2v) is 6.76. The van der Waals surface area contributed by atoms with Gasteiger partial charge in [0.25, 0.3) is 10.2 Å². The van der Waals surface area contributed by atoms with Crippen LogP contribution in [0.5, 0.6) is 0 Å². The van der Waals surface area contributed by atoms with Gasteiger partial charge in [-0.05, 0) is 24.0 Å². The smallest absolute Gasteiger partial charge is 0.198 e. The number of halogens is 1. The van der Waals surface area contributed by atoms with E-state index in [1.165, 1.54) is 4.31 Å². The van der Waals surface area contributed by atoms with Crippen LogP contribution in [0.1, 0.15) is 30.4 Å². The fourth-order valence-electron chi connectivity index (χ4n) is 2.12. The normalized spacial score (nSPS) is 17.5. The molecule has 0 bridgehead atoms. The first-order chi connectivity index (χ1) is 9.12. The molecule has 106 valence electrons. The zero-order chi connectivity index (χ0) is 13.7. The van der Waals surface area contributed by atoms with Gasteiger partial charge in [-0.3, -0.25) is 0 Å². The number of benzene rings is 1. The fraction of sp³-hybridized carbons (Fsp3) is 0.538. The van der Waals surface area contributed by atoms with E-state index in [-0.39, 0.29) is 0 Å². The summed E-state index contributed by atoms with van der Waals surface area (Å²) in [5, 5.41) is 0. The number of nitrogens with zero attached hydrogens (tertiary/aromatic N) is 1. The van der Waals surface area contributed by atoms with Crippen LogP contribution < -0.4 is 4.72 Å². The van der Waals surface area contributed by atoms with Crippen LogP contribution in [0.15, 0.2) is 24.3 Å². The molecule has 4 nitrogen and oxygen atoms in total. The molecule has 1 fully saturated rings. The van der Waals surface area contributed by atoms with E-state index in [0.717, 1.165) is 30.4 Å². The SMILES string of the molecule is O=S(=O)(NCc1ccc(CCl)cc1)N1CCCCC1. The van der Waals surface area contributed by atoms with Gasteiger partial charge in [-0.25, -0.2) is 0 Å². The summed E-state index contributed by atoms with van der Waals surface area (Å²) in [7, 11) is -3.34. The van der Waals surface area contributed by atoms with Gasteiger partial charge in [0.1, 0.15) is 0 Å². The minimum Gasteiger partial charge on any atom is -0.198 e. The molecule has 0 atom stereocenters. The van der Waals surface area contributed by atoms with Crippen LogP contribution in [-0.4, -0.2) is 25.8 Å². The Hall–Kier alpha value is -0.620. The average Bonchev–Trinajstić information content (AvgIpc) is 2.47. The molecule has 1 heterocycles. The van der Waals surface area contributed by atoms with Crippen LogP contribution in [-0.2, 0) is 22.6 Å². The van der Waals surface area contributed by atoms with Crippen molar-refractivity contribution in [3.05, 3.63) is 35.4 Å². The number of piperidine rings is 1. The molecule has 1 aromatic rings. The Morgan fingerprint density at radius 1 is 1.05 bits per heavy atom. The third kappa shape index (κ3) is 4.18. The highest BCUT2D eigenvalue weighted by Gasteiger charge is 2.22. The zero-order valence-corrected chi connectivity index (χ0v) is 12.4. The first kappa shape index (κ1) is 14.8. The molecular weight excluding hydrogens is 284 g/mol. The highest BCUT2D eigenvalue weighted by molar-refractivity contribution is 7.87. The summed E-state index contributed by atoms with van der Waals surface area (Å²) in [4.78, 5) is 0. The zero-order valence-electron chi connectivity index (χ0n) is 10.8. The number of hydrogen-bond donors (Lipinski definition) is 1. The van der Waals surface area contributed by atoms with Crippen molar-refractivity contribution in [1.29, 1.82) is 0 Å². The van der Waals surface area contributed by atoms with Gasteiger partial charge >= 0.3 is 0 Å². The maximum atomic E-state index is 12.1. The summed E-state index contributed by atoms with van der Waals surface area (Å²) in [5.74, 6) is 0.472. The fourth-order valence-corrected chi connectivity index (χ4v) is 3.57. The molecule has 0 amide bonds. The Balaban J connectivity index is 1.92. The van der Waals surface area contributed by atoms with Crippen molar-refractivity contribution in [2.75, 3.05) is 13.1 Å². The predicted octanol–water partition coefficient (Wildman–Crippen LogP) is 2.25. The van der Waals surface area contributed by atoms with E-state index in [1.54, 1.807) is 0 Å². The van der Waals surface area contributed by atoms with Crippen LogP contribution in [0, 0.1) is 0 Å². The molecule has 0 aromatic heterocycles. The van der Waals surface area contributed by atoms with Crippen molar-refractivity contribution in [3.8, 4) is 0 Å². The second kappa shape index (κ2) is 6.70. The molecule has 0 aliphatic carbocycles. The maximum absolute atomic E-state index is 12.1. The lowest BCUT2D eigenvalue weighted by atomic mass is 10.1. The van der Waals surface area contributed by atoms with E-state index in [1.807, 2.05) is 24.3 Å². The minimum absolute atomic E-state index is 0.321. The molecule has 1 N–H and O–H groups in total. The van der Waals surface area contributed by atoms with E-state index in [0.29, 0.717) is 25.5 Å². The highest BCUT2D eigenvalue weighted by Crippen LogP contribution is 2.13. The van der Waals surface area contributed by atoms with E-state index in [2.05, 4.69) is 4.72 Å². The summed E-state index contributed by atoms with van der Waals surface area (Å²) >= 11 is 5.71. The van der Waals surface area contributed by atoms with Crippen molar-refractivity contribution in [2.24, 2.45) is 0 Å². The average molecular weight is 303 g/mol. The standard InChI is InChI=1S/C13H19ClN2O2S/c14-10-12-4-6-13(7-5-12)11-15-19(17,18)16-8-2-1-3-9-16/h4-7,15H,1-3,8-11H2. The summed E-state index contributed by atoms with van der Waals surface area (Å²) in [6.07, 6.45) is 3.02. The molecule has 1 saturated heterocycles. The Morgan fingerprint density at radius 2 is 1.63 bits per heavy atom. The van der Waals surface area contributed by atoms with E-state index < -0.39 is 10.2 Å². The van der Waals surface area contributed by atoms with Gasteiger partial charge in [-0.1, -0.05) is 30.7 Å². The summed E-state index contributed by atoms with van der Waals surface area (Å²) in [5.41, 5.74) is 1.97. The molecule has 0 spiro atoms. The Labute approximate surface area is 119 Å². The number of hydrogen-bond acceptors (Lipinski definition) is 2. The van der Waals surface area contributed by atoms with Gasteiger partial charge in [-0.15, -0.1) is 11.6 Å². The Morgan fingerprint density at radius 3 is 2.21 bits per heavy atom. The monoisotopic (exact) mass is 302 g/mol. The van der Waals surface area contributed by atoms with Crippen molar-refractivity contribution in [2.45, 2.75) is 31.7 Å². The lowest BCUT2D eigenvalue weighted by molar-refractivity contribution is 0.341. The third-order valence-corrected chi connectivity index (χ3v) is 5.15. The van der Waals surface area contributed by atoms with E-state index in [4.69, 9.17) is 11.6 Å². The van der Waals surface area contributed by atoms with Crippen LogP contribution in [0.25, 0.3) is 0 Å². The van der Waals surface area contributed by atoms with Gasteiger partial charge in [0, 0.05) is 25.5 Å². The van der Waals surface area contributed by atoms with Gasteiger partial charge in [-0.2, -0.15) is 17.4 Å². The molecule has 0 saturated carbocycles. The minimum atomic E-state index is -3.34. The van der Waals surface area contributed by atoms with Crippen molar-refractivity contribution in [3.63, 3.8) is 0 Å². The molecule has 19 heavy (non-hydrogen) atoms. The van der Waals surface area contributed by atoms with Gasteiger partial charge in [0.2, 0.25) is 0 Å². The lowest BCUT2D eigenvalue weighted by Crippen LogP contribution is -2.43. The molecule has 1 aliphatic rings. The summed E-state index contributed by atoms with van der Waals surface area (Å²) < 4.78 is 28.3. The largest absolute Gasteiger partial charge is 0.279 e. The molecular formula is C13H19ClN2O2S. The number of nitrogens with one attached hydrogen (secondary N) is 1.